The van der Waals surface area contributed by atoms with Crippen molar-refractivity contribution in [3.05, 3.63) is 53.7 Å². The van der Waals surface area contributed by atoms with Gasteiger partial charge >= 0.3 is 0 Å². The first-order valence-corrected chi connectivity index (χ1v) is 11.5. The average Bonchev–Trinajstić information content (AvgIpc) is 3.22. The summed E-state index contributed by atoms with van der Waals surface area (Å²) >= 11 is 0. The second-order valence-electron chi connectivity index (χ2n) is 8.82. The van der Waals surface area contributed by atoms with Gasteiger partial charge < -0.3 is 9.64 Å². The van der Waals surface area contributed by atoms with Gasteiger partial charge in [0, 0.05) is 23.5 Å². The van der Waals surface area contributed by atoms with Crippen molar-refractivity contribution in [1.82, 2.24) is 19.7 Å². The highest BCUT2D eigenvalue weighted by molar-refractivity contribution is 5.92. The molecule has 4 rings (SSSR count). The minimum Gasteiger partial charge on any atom is -0.377 e. The zero-order valence-corrected chi connectivity index (χ0v) is 19.3. The highest BCUT2D eigenvalue weighted by atomic mass is 16.5. The van der Waals surface area contributed by atoms with Crippen molar-refractivity contribution < 1.29 is 4.74 Å². The Morgan fingerprint density at radius 1 is 1.23 bits per heavy atom. The Morgan fingerprint density at radius 3 is 2.84 bits per heavy atom. The summed E-state index contributed by atoms with van der Waals surface area (Å²) in [6.45, 7) is 10.1. The first-order valence-electron chi connectivity index (χ1n) is 11.5. The largest absolute Gasteiger partial charge is 0.377 e. The van der Waals surface area contributed by atoms with Gasteiger partial charge in [-0.1, -0.05) is 37.6 Å². The number of aromatic nitrogens is 3. The van der Waals surface area contributed by atoms with Crippen LogP contribution in [0.1, 0.15) is 57.2 Å². The van der Waals surface area contributed by atoms with Crippen LogP contribution in [0.4, 0.5) is 0 Å². The SMILES string of the molecule is CCCCN(C)Cc1cccc(-c2cc(C3=CCOCC3)c3cnn(C(C)C)c3n2)c1. The Hall–Kier alpha value is -2.50. The molecule has 31 heavy (non-hydrogen) atoms. The van der Waals surface area contributed by atoms with E-state index in [2.05, 4.69) is 74.2 Å². The van der Waals surface area contributed by atoms with E-state index in [1.54, 1.807) is 0 Å². The van der Waals surface area contributed by atoms with Gasteiger partial charge in [-0.2, -0.15) is 5.10 Å². The van der Waals surface area contributed by atoms with Crippen molar-refractivity contribution in [3.8, 4) is 11.3 Å². The molecule has 0 fully saturated rings. The number of rotatable bonds is 8. The molecule has 0 saturated carbocycles. The number of hydrogen-bond donors (Lipinski definition) is 0. The molecule has 0 amide bonds. The molecule has 0 unspecified atom stereocenters. The first kappa shape index (κ1) is 21.7. The van der Waals surface area contributed by atoms with E-state index in [9.17, 15) is 0 Å². The third kappa shape index (κ3) is 4.89. The van der Waals surface area contributed by atoms with E-state index in [4.69, 9.17) is 9.72 Å². The highest BCUT2D eigenvalue weighted by Crippen LogP contribution is 2.33. The predicted octanol–water partition coefficient (Wildman–Crippen LogP) is 5.71. The number of nitrogens with zero attached hydrogens (tertiary/aromatic N) is 4. The van der Waals surface area contributed by atoms with Crippen LogP contribution in [0.25, 0.3) is 27.9 Å². The molecule has 1 aliphatic rings. The summed E-state index contributed by atoms with van der Waals surface area (Å²) in [6.07, 6.45) is 7.55. The second-order valence-corrected chi connectivity index (χ2v) is 8.82. The van der Waals surface area contributed by atoms with Crippen LogP contribution in [-0.4, -0.2) is 46.5 Å². The molecule has 0 spiro atoms. The number of unbranched alkanes of at least 4 members (excludes halogenated alkanes) is 1. The summed E-state index contributed by atoms with van der Waals surface area (Å²) in [5.41, 5.74) is 7.02. The number of hydrogen-bond acceptors (Lipinski definition) is 4. The summed E-state index contributed by atoms with van der Waals surface area (Å²) in [4.78, 5) is 7.47. The van der Waals surface area contributed by atoms with E-state index >= 15 is 0 Å². The third-order valence-electron chi connectivity index (χ3n) is 5.93. The molecule has 5 heteroatoms. The van der Waals surface area contributed by atoms with Gasteiger partial charge in [0.05, 0.1) is 25.1 Å². The third-order valence-corrected chi connectivity index (χ3v) is 5.93. The zero-order chi connectivity index (χ0) is 21.8. The van der Waals surface area contributed by atoms with Crippen molar-refractivity contribution in [1.29, 1.82) is 0 Å². The number of pyridine rings is 1. The summed E-state index contributed by atoms with van der Waals surface area (Å²) in [7, 11) is 2.20. The molecule has 5 nitrogen and oxygen atoms in total. The van der Waals surface area contributed by atoms with Crippen molar-refractivity contribution in [3.63, 3.8) is 0 Å². The van der Waals surface area contributed by atoms with Crippen LogP contribution in [0.3, 0.4) is 0 Å². The normalized spacial score (nSPS) is 14.6. The number of fused-ring (bicyclic) bond motifs is 1. The molecule has 3 heterocycles. The highest BCUT2D eigenvalue weighted by Gasteiger charge is 2.18. The second kappa shape index (κ2) is 9.75. The van der Waals surface area contributed by atoms with Gasteiger partial charge in [-0.3, -0.25) is 0 Å². The minimum absolute atomic E-state index is 0.260. The van der Waals surface area contributed by atoms with Crippen LogP contribution < -0.4 is 0 Å². The van der Waals surface area contributed by atoms with Gasteiger partial charge in [-0.25, -0.2) is 9.67 Å². The molecule has 164 valence electrons. The molecule has 3 aromatic rings. The Bertz CT molecular complexity index is 1070. The molecule has 0 radical (unpaired) electrons. The van der Waals surface area contributed by atoms with E-state index in [1.165, 1.54) is 29.5 Å². The van der Waals surface area contributed by atoms with E-state index in [0.717, 1.165) is 48.4 Å². The molecular weight excluding hydrogens is 384 g/mol. The van der Waals surface area contributed by atoms with Gasteiger partial charge in [0.25, 0.3) is 0 Å². The molecule has 1 aromatic carbocycles. The lowest BCUT2D eigenvalue weighted by Gasteiger charge is -2.18. The lowest BCUT2D eigenvalue weighted by atomic mass is 9.97. The Labute approximate surface area is 185 Å². The summed E-state index contributed by atoms with van der Waals surface area (Å²) in [6, 6.07) is 11.3. The van der Waals surface area contributed by atoms with Gasteiger partial charge in [0.1, 0.15) is 0 Å². The summed E-state index contributed by atoms with van der Waals surface area (Å²) < 4.78 is 7.59. The van der Waals surface area contributed by atoms with Crippen molar-refractivity contribution >= 4 is 16.6 Å². The van der Waals surface area contributed by atoms with Gasteiger partial charge in [-0.05, 0) is 69.1 Å². The van der Waals surface area contributed by atoms with Crippen LogP contribution in [-0.2, 0) is 11.3 Å². The topological polar surface area (TPSA) is 43.2 Å². The van der Waals surface area contributed by atoms with E-state index in [-0.39, 0.29) is 6.04 Å². The van der Waals surface area contributed by atoms with Crippen LogP contribution >= 0.6 is 0 Å². The maximum Gasteiger partial charge on any atom is 0.159 e. The van der Waals surface area contributed by atoms with Crippen LogP contribution in [0, 0.1) is 0 Å². The van der Waals surface area contributed by atoms with Gasteiger partial charge in [0.15, 0.2) is 5.65 Å². The fraction of sp³-hybridized carbons (Fsp3) is 0.462. The van der Waals surface area contributed by atoms with Gasteiger partial charge in [0.2, 0.25) is 0 Å². The number of ether oxygens (including phenoxy) is 1. The Balaban J connectivity index is 1.76. The fourth-order valence-corrected chi connectivity index (χ4v) is 4.23. The van der Waals surface area contributed by atoms with Gasteiger partial charge in [-0.15, -0.1) is 0 Å². The molecule has 0 saturated heterocycles. The van der Waals surface area contributed by atoms with E-state index in [1.807, 2.05) is 10.9 Å². The molecule has 1 aliphatic heterocycles. The van der Waals surface area contributed by atoms with Crippen LogP contribution in [0.15, 0.2) is 42.6 Å². The quantitative estimate of drug-likeness (QED) is 0.470. The summed E-state index contributed by atoms with van der Waals surface area (Å²) in [5.74, 6) is 0. The predicted molar refractivity (Wildman–Crippen MR) is 128 cm³/mol. The van der Waals surface area contributed by atoms with E-state index in [0.29, 0.717) is 6.61 Å². The molecule has 2 aromatic heterocycles. The standard InChI is InChI=1S/C26H34N4O/c1-5-6-12-29(4)18-20-8-7-9-22(15-20)25-16-23(21-10-13-31-14-11-21)24-17-27-30(19(2)3)26(24)28-25/h7-10,15-17,19H,5-6,11-14,18H2,1-4H3. The lowest BCUT2D eigenvalue weighted by Crippen LogP contribution is -2.18. The zero-order valence-electron chi connectivity index (χ0n) is 19.3. The Morgan fingerprint density at radius 2 is 2.10 bits per heavy atom. The van der Waals surface area contributed by atoms with E-state index < -0.39 is 0 Å². The Kier molecular flexibility index (Phi) is 6.83. The average molecular weight is 419 g/mol. The molecule has 0 N–H and O–H groups in total. The monoisotopic (exact) mass is 418 g/mol. The maximum atomic E-state index is 5.55. The molecule has 0 bridgehead atoms. The van der Waals surface area contributed by atoms with Crippen molar-refractivity contribution in [2.24, 2.45) is 0 Å². The summed E-state index contributed by atoms with van der Waals surface area (Å²) in [5, 5.41) is 5.79. The van der Waals surface area contributed by atoms with Crippen LogP contribution in [0.5, 0.6) is 0 Å². The first-order chi connectivity index (χ1) is 15.1. The molecule has 0 atom stereocenters. The maximum absolute atomic E-state index is 5.55. The minimum atomic E-state index is 0.260. The van der Waals surface area contributed by atoms with Crippen LogP contribution in [0.2, 0.25) is 0 Å². The van der Waals surface area contributed by atoms with Crippen molar-refractivity contribution in [2.45, 2.75) is 52.6 Å². The number of benzene rings is 1. The van der Waals surface area contributed by atoms with Crippen molar-refractivity contribution in [2.75, 3.05) is 26.8 Å². The smallest absolute Gasteiger partial charge is 0.159 e. The molecular formula is C26H34N4O. The fourth-order valence-electron chi connectivity index (χ4n) is 4.23. The molecule has 0 aliphatic carbocycles. The lowest BCUT2D eigenvalue weighted by molar-refractivity contribution is 0.161.